The Labute approximate surface area is 161 Å². The fourth-order valence-electron chi connectivity index (χ4n) is 3.80. The second kappa shape index (κ2) is 6.84. The van der Waals surface area contributed by atoms with Crippen LogP contribution in [0.2, 0.25) is 10.0 Å². The summed E-state index contributed by atoms with van der Waals surface area (Å²) in [6.07, 6.45) is 3.95. The van der Waals surface area contributed by atoms with Crippen molar-refractivity contribution in [1.82, 2.24) is 4.90 Å². The van der Waals surface area contributed by atoms with Gasteiger partial charge in [-0.15, -0.1) is 11.8 Å². The van der Waals surface area contributed by atoms with Crippen LogP contribution in [0.5, 0.6) is 0 Å². The van der Waals surface area contributed by atoms with Gasteiger partial charge in [-0.1, -0.05) is 35.3 Å². The molecule has 0 aromatic heterocycles. The lowest BCUT2D eigenvalue weighted by Gasteiger charge is -2.30. The van der Waals surface area contributed by atoms with Gasteiger partial charge in [-0.05, 0) is 55.0 Å². The lowest BCUT2D eigenvalue weighted by Crippen LogP contribution is -2.32. The molecule has 0 N–H and O–H groups in total. The van der Waals surface area contributed by atoms with Gasteiger partial charge in [0.05, 0.1) is 16.1 Å². The number of nitrogens with zero attached hydrogens (tertiary/aromatic N) is 2. The van der Waals surface area contributed by atoms with Crippen molar-refractivity contribution in [2.75, 3.05) is 17.7 Å². The largest absolute Gasteiger partial charge is 0.290 e. The fraction of sp³-hybridized carbons (Fsp3) is 0.316. The van der Waals surface area contributed by atoms with Gasteiger partial charge in [-0.2, -0.15) is 0 Å². The Kier molecular flexibility index (Phi) is 4.71. The van der Waals surface area contributed by atoms with Crippen LogP contribution < -0.4 is 4.90 Å². The molecule has 4 rings (SSSR count). The fourth-order valence-corrected chi connectivity index (χ4v) is 4.50. The Morgan fingerprint density at radius 2 is 1.84 bits per heavy atom. The molecule has 6 heteroatoms. The molecule has 1 amide bonds. The lowest BCUT2D eigenvalue weighted by molar-refractivity contribution is -0.119. The van der Waals surface area contributed by atoms with E-state index in [0.29, 0.717) is 10.0 Å². The maximum Gasteiger partial charge on any atom is 0.246 e. The van der Waals surface area contributed by atoms with E-state index < -0.39 is 0 Å². The maximum absolute atomic E-state index is 13.1. The molecule has 2 heterocycles. The van der Waals surface area contributed by atoms with Gasteiger partial charge in [0.25, 0.3) is 0 Å². The zero-order chi connectivity index (χ0) is 17.6. The summed E-state index contributed by atoms with van der Waals surface area (Å²) >= 11 is 14.0. The van der Waals surface area contributed by atoms with Crippen LogP contribution in [-0.2, 0) is 4.79 Å². The Morgan fingerprint density at radius 3 is 2.52 bits per heavy atom. The van der Waals surface area contributed by atoms with Crippen molar-refractivity contribution < 1.29 is 4.79 Å². The third-order valence-corrected chi connectivity index (χ3v) is 6.45. The minimum absolute atomic E-state index is 0.0420. The normalized spacial score (nSPS) is 23.3. The van der Waals surface area contributed by atoms with Crippen molar-refractivity contribution in [3.63, 3.8) is 0 Å². The van der Waals surface area contributed by atoms with Gasteiger partial charge in [0, 0.05) is 17.1 Å². The minimum Gasteiger partial charge on any atom is -0.290 e. The summed E-state index contributed by atoms with van der Waals surface area (Å²) in [4.78, 5) is 18.5. The number of amides is 1. The van der Waals surface area contributed by atoms with E-state index in [0.717, 1.165) is 30.6 Å². The first-order valence-electron chi connectivity index (χ1n) is 8.28. The molecule has 2 saturated heterocycles. The minimum atomic E-state index is -0.0897. The molecule has 2 aromatic rings. The van der Waals surface area contributed by atoms with Gasteiger partial charge in [0.2, 0.25) is 5.91 Å². The zero-order valence-corrected chi connectivity index (χ0v) is 16.1. The summed E-state index contributed by atoms with van der Waals surface area (Å²) < 4.78 is 0. The molecule has 130 valence electrons. The number of thioether (sulfide) groups is 1. The SMILES string of the molecule is CSc1ccc(C2N(c3ccc(Cl)c(Cl)c3)C(=O)C3CCCN32)cc1. The molecule has 2 fully saturated rings. The van der Waals surface area contributed by atoms with Crippen LogP contribution in [-0.4, -0.2) is 29.6 Å². The van der Waals surface area contributed by atoms with Crippen molar-refractivity contribution >= 4 is 46.6 Å². The van der Waals surface area contributed by atoms with E-state index in [4.69, 9.17) is 23.2 Å². The summed E-state index contributed by atoms with van der Waals surface area (Å²) in [6, 6.07) is 13.8. The summed E-state index contributed by atoms with van der Waals surface area (Å²) in [6.45, 7) is 0.934. The molecular weight excluding hydrogens is 375 g/mol. The highest BCUT2D eigenvalue weighted by Gasteiger charge is 2.49. The number of fused-ring (bicyclic) bond motifs is 1. The van der Waals surface area contributed by atoms with E-state index in [1.165, 1.54) is 4.90 Å². The third-order valence-electron chi connectivity index (χ3n) is 4.97. The van der Waals surface area contributed by atoms with E-state index >= 15 is 0 Å². The van der Waals surface area contributed by atoms with Crippen molar-refractivity contribution in [1.29, 1.82) is 0 Å². The van der Waals surface area contributed by atoms with Crippen molar-refractivity contribution in [3.05, 3.63) is 58.1 Å². The first kappa shape index (κ1) is 17.2. The van der Waals surface area contributed by atoms with Gasteiger partial charge in [0.1, 0.15) is 6.17 Å². The standard InChI is InChI=1S/C19H18Cl2N2OS/c1-25-14-7-4-12(5-8-14)18-22-10-2-3-17(22)19(24)23(18)13-6-9-15(20)16(21)11-13/h4-9,11,17-18H,2-3,10H2,1H3. The predicted molar refractivity (Wildman–Crippen MR) is 105 cm³/mol. The van der Waals surface area contributed by atoms with Gasteiger partial charge in [0.15, 0.2) is 0 Å². The topological polar surface area (TPSA) is 23.6 Å². The monoisotopic (exact) mass is 392 g/mol. The molecule has 2 aliphatic heterocycles. The molecule has 0 radical (unpaired) electrons. The Morgan fingerprint density at radius 1 is 1.08 bits per heavy atom. The quantitative estimate of drug-likeness (QED) is 0.668. The maximum atomic E-state index is 13.1. The zero-order valence-electron chi connectivity index (χ0n) is 13.8. The Hall–Kier alpha value is -1.20. The van der Waals surface area contributed by atoms with Gasteiger partial charge in [-0.3, -0.25) is 14.6 Å². The number of rotatable bonds is 3. The van der Waals surface area contributed by atoms with Crippen molar-refractivity contribution in [2.24, 2.45) is 0 Å². The first-order valence-corrected chi connectivity index (χ1v) is 10.3. The van der Waals surface area contributed by atoms with Crippen LogP contribution in [0.15, 0.2) is 47.4 Å². The van der Waals surface area contributed by atoms with Crippen molar-refractivity contribution in [2.45, 2.75) is 29.9 Å². The Bertz CT molecular complexity index is 812. The smallest absolute Gasteiger partial charge is 0.246 e. The highest BCUT2D eigenvalue weighted by Crippen LogP contribution is 2.43. The average molecular weight is 393 g/mol. The predicted octanol–water partition coefficient (Wildman–Crippen LogP) is 5.23. The number of carbonyl (C=O) groups excluding carboxylic acids is 1. The first-order chi connectivity index (χ1) is 12.1. The van der Waals surface area contributed by atoms with Crippen LogP contribution >= 0.6 is 35.0 Å². The number of halogens is 2. The number of anilines is 1. The van der Waals surface area contributed by atoms with E-state index in [-0.39, 0.29) is 18.1 Å². The molecule has 25 heavy (non-hydrogen) atoms. The molecule has 0 saturated carbocycles. The summed E-state index contributed by atoms with van der Waals surface area (Å²) in [5, 5.41) is 0.967. The second-order valence-electron chi connectivity index (χ2n) is 6.35. The molecule has 2 unspecified atom stereocenters. The number of carbonyl (C=O) groups is 1. The van der Waals surface area contributed by atoms with E-state index in [1.54, 1.807) is 23.9 Å². The Balaban J connectivity index is 1.78. The number of benzene rings is 2. The summed E-state index contributed by atoms with van der Waals surface area (Å²) in [5.74, 6) is 0.148. The molecular formula is C19H18Cl2N2OS. The average Bonchev–Trinajstić information content (AvgIpc) is 3.20. The second-order valence-corrected chi connectivity index (χ2v) is 8.04. The highest BCUT2D eigenvalue weighted by molar-refractivity contribution is 7.98. The lowest BCUT2D eigenvalue weighted by atomic mass is 10.1. The van der Waals surface area contributed by atoms with E-state index in [1.807, 2.05) is 11.0 Å². The molecule has 0 aliphatic carbocycles. The van der Waals surface area contributed by atoms with E-state index in [2.05, 4.69) is 35.4 Å². The number of hydrogen-bond acceptors (Lipinski definition) is 3. The molecule has 2 aliphatic rings. The van der Waals surface area contributed by atoms with Gasteiger partial charge in [-0.25, -0.2) is 0 Å². The summed E-state index contributed by atoms with van der Waals surface area (Å²) in [5.41, 5.74) is 1.93. The molecule has 2 aromatic carbocycles. The van der Waals surface area contributed by atoms with Crippen LogP contribution in [0.1, 0.15) is 24.6 Å². The third kappa shape index (κ3) is 2.95. The molecule has 0 bridgehead atoms. The molecule has 0 spiro atoms. The van der Waals surface area contributed by atoms with Gasteiger partial charge >= 0.3 is 0 Å². The van der Waals surface area contributed by atoms with Crippen LogP contribution in [0.4, 0.5) is 5.69 Å². The van der Waals surface area contributed by atoms with Crippen LogP contribution in [0.3, 0.4) is 0 Å². The molecule has 3 nitrogen and oxygen atoms in total. The molecule has 2 atom stereocenters. The van der Waals surface area contributed by atoms with Crippen molar-refractivity contribution in [3.8, 4) is 0 Å². The summed E-state index contributed by atoms with van der Waals surface area (Å²) in [7, 11) is 0. The number of hydrogen-bond donors (Lipinski definition) is 0. The highest BCUT2D eigenvalue weighted by atomic mass is 35.5. The van der Waals surface area contributed by atoms with Crippen LogP contribution in [0.25, 0.3) is 0 Å². The van der Waals surface area contributed by atoms with Gasteiger partial charge < -0.3 is 0 Å². The van der Waals surface area contributed by atoms with Crippen LogP contribution in [0, 0.1) is 0 Å². The van der Waals surface area contributed by atoms with E-state index in [9.17, 15) is 4.79 Å².